The van der Waals surface area contributed by atoms with E-state index in [4.69, 9.17) is 9.31 Å². The van der Waals surface area contributed by atoms with Crippen LogP contribution in [0.2, 0.25) is 0 Å². The number of carbonyl (C=O) groups excluding carboxylic acids is 1. The second kappa shape index (κ2) is 5.61. The van der Waals surface area contributed by atoms with Crippen molar-refractivity contribution in [2.75, 3.05) is 0 Å². The fourth-order valence-corrected chi connectivity index (χ4v) is 2.93. The number of rotatable bonds is 4. The minimum Gasteiger partial charge on any atom is -0.400 e. The molecule has 1 aromatic rings. The molecule has 2 aliphatic rings. The van der Waals surface area contributed by atoms with Crippen LogP contribution in [0.1, 0.15) is 73.5 Å². The Labute approximate surface area is 139 Å². The molecule has 122 valence electrons. The Bertz CT molecular complexity index is 641. The van der Waals surface area contributed by atoms with Gasteiger partial charge in [0.05, 0.1) is 11.2 Å². The molecule has 4 heteroatoms. The maximum atomic E-state index is 11.2. The van der Waals surface area contributed by atoms with Crippen LogP contribution in [0.4, 0.5) is 0 Å². The highest BCUT2D eigenvalue weighted by Crippen LogP contribution is 2.43. The van der Waals surface area contributed by atoms with E-state index in [2.05, 4.69) is 39.8 Å². The molecular weight excluding hydrogens is 287 g/mol. The third-order valence-corrected chi connectivity index (χ3v) is 5.32. The van der Waals surface area contributed by atoms with Crippen molar-refractivity contribution in [3.05, 3.63) is 40.4 Å². The lowest BCUT2D eigenvalue weighted by Gasteiger charge is -2.32. The third kappa shape index (κ3) is 3.15. The Balaban J connectivity index is 1.86. The van der Waals surface area contributed by atoms with Crippen molar-refractivity contribution in [3.63, 3.8) is 0 Å². The van der Waals surface area contributed by atoms with Crippen LogP contribution in [0.5, 0.6) is 0 Å². The Morgan fingerprint density at radius 1 is 1.09 bits per heavy atom. The van der Waals surface area contributed by atoms with Gasteiger partial charge < -0.3 is 9.31 Å². The van der Waals surface area contributed by atoms with Crippen LogP contribution >= 0.6 is 0 Å². The Morgan fingerprint density at radius 3 is 2.22 bits per heavy atom. The molecule has 0 N–H and O–H groups in total. The van der Waals surface area contributed by atoms with E-state index >= 15 is 0 Å². The molecular formula is C19H25BO3. The molecule has 1 aliphatic carbocycles. The van der Waals surface area contributed by atoms with Crippen LogP contribution in [0, 0.1) is 6.92 Å². The van der Waals surface area contributed by atoms with Crippen molar-refractivity contribution in [2.24, 2.45) is 0 Å². The summed E-state index contributed by atoms with van der Waals surface area (Å²) >= 11 is 0. The predicted octanol–water partition coefficient (Wildman–Crippen LogP) is 4.33. The molecule has 0 unspecified atom stereocenters. The van der Waals surface area contributed by atoms with Crippen molar-refractivity contribution in [1.82, 2.24) is 0 Å². The summed E-state index contributed by atoms with van der Waals surface area (Å²) in [7, 11) is -0.335. The quantitative estimate of drug-likeness (QED) is 0.613. The van der Waals surface area contributed by atoms with E-state index in [0.29, 0.717) is 5.92 Å². The molecule has 1 saturated heterocycles. The van der Waals surface area contributed by atoms with E-state index in [1.165, 1.54) is 24.0 Å². The van der Waals surface area contributed by atoms with Gasteiger partial charge in [-0.05, 0) is 76.1 Å². The SMILES string of the molecule is Cc1cc(/C=C/B2OC(C)(C)C(C)(C)O2)c(C2CC2)cc1C=O. The molecule has 0 amide bonds. The minimum absolute atomic E-state index is 0.321. The average Bonchev–Trinajstić information content (AvgIpc) is 3.25. The monoisotopic (exact) mass is 312 g/mol. The fourth-order valence-electron chi connectivity index (χ4n) is 2.93. The molecule has 1 heterocycles. The fraction of sp³-hybridized carbons (Fsp3) is 0.526. The van der Waals surface area contributed by atoms with Gasteiger partial charge in [0.15, 0.2) is 0 Å². The maximum absolute atomic E-state index is 11.2. The molecule has 0 atom stereocenters. The second-order valence-electron chi connectivity index (χ2n) is 7.71. The van der Waals surface area contributed by atoms with E-state index < -0.39 is 0 Å². The second-order valence-corrected chi connectivity index (χ2v) is 7.71. The van der Waals surface area contributed by atoms with Crippen molar-refractivity contribution >= 4 is 19.5 Å². The first-order valence-electron chi connectivity index (χ1n) is 8.37. The molecule has 0 bridgehead atoms. The zero-order valence-corrected chi connectivity index (χ0v) is 14.7. The van der Waals surface area contributed by atoms with E-state index in [0.717, 1.165) is 17.4 Å². The van der Waals surface area contributed by atoms with Crippen molar-refractivity contribution < 1.29 is 14.1 Å². The lowest BCUT2D eigenvalue weighted by atomic mass is 9.87. The van der Waals surface area contributed by atoms with Crippen molar-refractivity contribution in [1.29, 1.82) is 0 Å². The van der Waals surface area contributed by atoms with Gasteiger partial charge in [-0.1, -0.05) is 18.1 Å². The van der Waals surface area contributed by atoms with E-state index in [-0.39, 0.29) is 18.3 Å². The van der Waals surface area contributed by atoms with Gasteiger partial charge in [0, 0.05) is 5.56 Å². The number of carbonyl (C=O) groups is 1. The summed E-state index contributed by atoms with van der Waals surface area (Å²) in [6, 6.07) is 4.14. The maximum Gasteiger partial charge on any atom is 0.487 e. The van der Waals surface area contributed by atoms with Gasteiger partial charge in [-0.25, -0.2) is 0 Å². The van der Waals surface area contributed by atoms with Crippen LogP contribution in [-0.2, 0) is 9.31 Å². The highest BCUT2D eigenvalue weighted by molar-refractivity contribution is 6.52. The van der Waals surface area contributed by atoms with Crippen LogP contribution in [0.3, 0.4) is 0 Å². The molecule has 3 nitrogen and oxygen atoms in total. The van der Waals surface area contributed by atoms with Gasteiger partial charge in [-0.15, -0.1) is 0 Å². The summed E-state index contributed by atoms with van der Waals surface area (Å²) in [5.74, 6) is 2.57. The molecule has 3 rings (SSSR count). The lowest BCUT2D eigenvalue weighted by molar-refractivity contribution is 0.00578. The largest absolute Gasteiger partial charge is 0.487 e. The first-order chi connectivity index (χ1) is 10.7. The standard InChI is InChI=1S/C19H25BO3/c1-13-10-15(17(14-6-7-14)11-16(13)12-21)8-9-20-22-18(2,3)19(4,5)23-20/h8-12,14H,6-7H2,1-5H3/b9-8+. The van der Waals surface area contributed by atoms with Crippen LogP contribution in [0.25, 0.3) is 6.08 Å². The van der Waals surface area contributed by atoms with Crippen LogP contribution in [0.15, 0.2) is 18.1 Å². The van der Waals surface area contributed by atoms with Crippen molar-refractivity contribution in [2.45, 2.75) is 64.6 Å². The van der Waals surface area contributed by atoms with E-state index in [9.17, 15) is 4.79 Å². The Kier molecular flexibility index (Phi) is 4.01. The number of aldehydes is 1. The van der Waals surface area contributed by atoms with E-state index in [1.54, 1.807) is 0 Å². The smallest absolute Gasteiger partial charge is 0.400 e. The molecule has 0 aromatic heterocycles. The third-order valence-electron chi connectivity index (χ3n) is 5.32. The van der Waals surface area contributed by atoms with Crippen LogP contribution < -0.4 is 0 Å². The van der Waals surface area contributed by atoms with Crippen LogP contribution in [-0.4, -0.2) is 24.6 Å². The molecule has 1 saturated carbocycles. The first kappa shape index (κ1) is 16.5. The molecule has 0 spiro atoms. The number of benzene rings is 1. The zero-order valence-electron chi connectivity index (χ0n) is 14.7. The number of hydrogen-bond donors (Lipinski definition) is 0. The topological polar surface area (TPSA) is 35.5 Å². The molecule has 1 aromatic carbocycles. The first-order valence-corrected chi connectivity index (χ1v) is 8.37. The van der Waals surface area contributed by atoms with Crippen molar-refractivity contribution in [3.8, 4) is 0 Å². The summed E-state index contributed by atoms with van der Waals surface area (Å²) in [5, 5.41) is 0. The lowest BCUT2D eigenvalue weighted by Crippen LogP contribution is -2.41. The highest BCUT2D eigenvalue weighted by Gasteiger charge is 2.50. The summed E-state index contributed by atoms with van der Waals surface area (Å²) < 4.78 is 12.0. The molecule has 23 heavy (non-hydrogen) atoms. The minimum atomic E-state index is -0.335. The predicted molar refractivity (Wildman–Crippen MR) is 93.7 cm³/mol. The number of hydrogen-bond acceptors (Lipinski definition) is 3. The van der Waals surface area contributed by atoms with Gasteiger partial charge in [0.25, 0.3) is 0 Å². The summed E-state index contributed by atoms with van der Waals surface area (Å²) in [5.41, 5.74) is 3.60. The summed E-state index contributed by atoms with van der Waals surface area (Å²) in [6.07, 6.45) is 5.44. The summed E-state index contributed by atoms with van der Waals surface area (Å²) in [6.45, 7) is 10.2. The van der Waals surface area contributed by atoms with Gasteiger partial charge in [-0.2, -0.15) is 0 Å². The van der Waals surface area contributed by atoms with E-state index in [1.807, 2.05) is 19.0 Å². The molecule has 0 radical (unpaired) electrons. The van der Waals surface area contributed by atoms with Gasteiger partial charge in [0.2, 0.25) is 0 Å². The normalized spacial score (nSPS) is 22.7. The Hall–Kier alpha value is -1.39. The van der Waals surface area contributed by atoms with Gasteiger partial charge in [-0.3, -0.25) is 4.79 Å². The number of aryl methyl sites for hydroxylation is 1. The van der Waals surface area contributed by atoms with Gasteiger partial charge >= 0.3 is 7.12 Å². The zero-order chi connectivity index (χ0) is 16.8. The highest BCUT2D eigenvalue weighted by atomic mass is 16.7. The van der Waals surface area contributed by atoms with Gasteiger partial charge in [0.1, 0.15) is 6.29 Å². The Morgan fingerprint density at radius 2 is 1.70 bits per heavy atom. The molecule has 2 fully saturated rings. The summed E-state index contributed by atoms with van der Waals surface area (Å²) in [4.78, 5) is 11.2. The molecule has 1 aliphatic heterocycles. The average molecular weight is 312 g/mol.